The lowest BCUT2D eigenvalue weighted by molar-refractivity contribution is -0.117. The zero-order valence-corrected chi connectivity index (χ0v) is 13.0. The van der Waals surface area contributed by atoms with E-state index in [2.05, 4.69) is 20.4 Å². The molecule has 0 fully saturated rings. The third kappa shape index (κ3) is 3.99. The molecule has 0 aliphatic rings. The molecule has 0 radical (unpaired) electrons. The summed E-state index contributed by atoms with van der Waals surface area (Å²) in [5.41, 5.74) is 6.41. The number of nitrogens with zero attached hydrogens (tertiary/aromatic N) is 4. The van der Waals surface area contributed by atoms with E-state index in [0.29, 0.717) is 11.8 Å². The van der Waals surface area contributed by atoms with Crippen LogP contribution in [0.15, 0.2) is 24.5 Å². The smallest absolute Gasteiger partial charge is 0.252 e. The Hall–Kier alpha value is -1.99. The molecule has 0 bridgehead atoms. The Morgan fingerprint density at radius 1 is 1.29 bits per heavy atom. The highest BCUT2D eigenvalue weighted by Crippen LogP contribution is 2.20. The van der Waals surface area contributed by atoms with E-state index in [4.69, 9.17) is 5.73 Å². The van der Waals surface area contributed by atoms with Crippen molar-refractivity contribution in [3.8, 4) is 5.95 Å². The van der Waals surface area contributed by atoms with E-state index >= 15 is 0 Å². The second-order valence-electron chi connectivity index (χ2n) is 4.85. The highest BCUT2D eigenvalue weighted by atomic mass is 35.5. The van der Waals surface area contributed by atoms with Gasteiger partial charge >= 0.3 is 0 Å². The van der Waals surface area contributed by atoms with Crippen LogP contribution in [0.2, 0.25) is 0 Å². The van der Waals surface area contributed by atoms with Crippen LogP contribution in [0.5, 0.6) is 0 Å². The molecule has 8 heteroatoms. The van der Waals surface area contributed by atoms with Crippen LogP contribution in [0.3, 0.4) is 0 Å². The van der Waals surface area contributed by atoms with Crippen LogP contribution in [0.25, 0.3) is 5.95 Å². The highest BCUT2D eigenvalue weighted by molar-refractivity contribution is 5.93. The van der Waals surface area contributed by atoms with Crippen LogP contribution in [0.1, 0.15) is 32.4 Å². The van der Waals surface area contributed by atoms with Crippen molar-refractivity contribution >= 4 is 24.1 Å². The van der Waals surface area contributed by atoms with Gasteiger partial charge in [0.15, 0.2) is 0 Å². The van der Waals surface area contributed by atoms with Crippen LogP contribution in [-0.4, -0.2) is 31.7 Å². The zero-order chi connectivity index (χ0) is 14.7. The van der Waals surface area contributed by atoms with Crippen molar-refractivity contribution < 1.29 is 4.79 Å². The molecular formula is C13H19ClN6O. The van der Waals surface area contributed by atoms with Crippen molar-refractivity contribution in [2.24, 2.45) is 5.73 Å². The summed E-state index contributed by atoms with van der Waals surface area (Å²) in [7, 11) is 0. The Bertz CT molecular complexity index is 596. The molecule has 0 saturated carbocycles. The number of hydrogen-bond acceptors (Lipinski definition) is 5. The van der Waals surface area contributed by atoms with Crippen LogP contribution in [0.4, 0.5) is 5.82 Å². The largest absolute Gasteiger partial charge is 0.320 e. The predicted octanol–water partition coefficient (Wildman–Crippen LogP) is 1.49. The van der Waals surface area contributed by atoms with E-state index in [1.807, 2.05) is 13.8 Å². The number of hydrogen-bond donors (Lipinski definition) is 2. The summed E-state index contributed by atoms with van der Waals surface area (Å²) >= 11 is 0. The number of amides is 1. The Balaban J connectivity index is 0.00000220. The molecular weight excluding hydrogens is 292 g/mol. The topological polar surface area (TPSA) is 98.7 Å². The van der Waals surface area contributed by atoms with Crippen molar-refractivity contribution in [2.45, 2.75) is 32.7 Å². The summed E-state index contributed by atoms with van der Waals surface area (Å²) in [6, 6.07) is 2.93. The number of halogens is 1. The second kappa shape index (κ2) is 7.14. The number of carbonyl (C=O) groups excluding carboxylic acids is 1. The molecule has 0 unspecified atom stereocenters. The van der Waals surface area contributed by atoms with E-state index in [1.165, 1.54) is 4.68 Å². The molecule has 2 heterocycles. The maximum Gasteiger partial charge on any atom is 0.252 e. The van der Waals surface area contributed by atoms with Crippen LogP contribution in [-0.2, 0) is 4.79 Å². The molecule has 1 amide bonds. The fourth-order valence-electron chi connectivity index (χ4n) is 1.56. The summed E-state index contributed by atoms with van der Waals surface area (Å²) in [6.45, 7) is 5.67. The molecule has 0 aromatic carbocycles. The third-order valence-corrected chi connectivity index (χ3v) is 2.73. The standard InChI is InChI=1S/C13H18N6O.ClH/c1-8(2)10-7-11(17-12(20)9(3)14)19(18-10)13-15-5-4-6-16-13;/h4-9H,14H2,1-3H3,(H,17,20);1H/t9-;/m0./s1. The van der Waals surface area contributed by atoms with Gasteiger partial charge in [0.05, 0.1) is 11.7 Å². The summed E-state index contributed by atoms with van der Waals surface area (Å²) in [5, 5.41) is 7.17. The van der Waals surface area contributed by atoms with Gasteiger partial charge in [-0.15, -0.1) is 12.4 Å². The van der Waals surface area contributed by atoms with Crippen molar-refractivity contribution in [2.75, 3.05) is 5.32 Å². The monoisotopic (exact) mass is 310 g/mol. The van der Waals surface area contributed by atoms with Gasteiger partial charge in [-0.2, -0.15) is 9.78 Å². The van der Waals surface area contributed by atoms with Gasteiger partial charge in [0.25, 0.3) is 5.95 Å². The molecule has 0 aliphatic carbocycles. The molecule has 0 spiro atoms. The Morgan fingerprint density at radius 2 is 1.90 bits per heavy atom. The van der Waals surface area contributed by atoms with Gasteiger partial charge in [0.2, 0.25) is 5.91 Å². The van der Waals surface area contributed by atoms with E-state index in [0.717, 1.165) is 5.69 Å². The maximum absolute atomic E-state index is 11.8. The predicted molar refractivity (Wildman–Crippen MR) is 82.8 cm³/mol. The molecule has 0 aliphatic heterocycles. The van der Waals surface area contributed by atoms with Crippen LogP contribution in [0, 0.1) is 0 Å². The zero-order valence-electron chi connectivity index (χ0n) is 12.1. The van der Waals surface area contributed by atoms with Gasteiger partial charge < -0.3 is 11.1 Å². The van der Waals surface area contributed by atoms with Crippen molar-refractivity contribution in [1.82, 2.24) is 19.7 Å². The summed E-state index contributed by atoms with van der Waals surface area (Å²) < 4.78 is 1.51. The van der Waals surface area contributed by atoms with Gasteiger partial charge in [-0.05, 0) is 18.9 Å². The molecule has 1 atom stereocenters. The highest BCUT2D eigenvalue weighted by Gasteiger charge is 2.17. The SMILES string of the molecule is CC(C)c1cc(NC(=O)[C@H](C)N)n(-c2ncccn2)n1.Cl. The summed E-state index contributed by atoms with van der Waals surface area (Å²) in [6.07, 6.45) is 3.24. The molecule has 3 N–H and O–H groups in total. The first-order valence-corrected chi connectivity index (χ1v) is 6.43. The van der Waals surface area contributed by atoms with Crippen molar-refractivity contribution in [1.29, 1.82) is 0 Å². The van der Waals surface area contributed by atoms with Gasteiger partial charge in [-0.1, -0.05) is 13.8 Å². The van der Waals surface area contributed by atoms with Gasteiger partial charge in [-0.3, -0.25) is 4.79 Å². The lowest BCUT2D eigenvalue weighted by Crippen LogP contribution is -2.33. The second-order valence-corrected chi connectivity index (χ2v) is 4.85. The normalized spacial score (nSPS) is 11.9. The lowest BCUT2D eigenvalue weighted by atomic mass is 10.1. The quantitative estimate of drug-likeness (QED) is 0.891. The molecule has 7 nitrogen and oxygen atoms in total. The molecule has 0 saturated heterocycles. The summed E-state index contributed by atoms with van der Waals surface area (Å²) in [5.74, 6) is 0.866. The lowest BCUT2D eigenvalue weighted by Gasteiger charge is -2.08. The molecule has 2 aromatic rings. The molecule has 2 aromatic heterocycles. The minimum Gasteiger partial charge on any atom is -0.320 e. The number of anilines is 1. The minimum absolute atomic E-state index is 0. The fourth-order valence-corrected chi connectivity index (χ4v) is 1.56. The first-order chi connectivity index (χ1) is 9.49. The number of nitrogens with one attached hydrogen (secondary N) is 1. The number of rotatable bonds is 4. The average molecular weight is 311 g/mol. The van der Waals surface area contributed by atoms with Gasteiger partial charge in [0, 0.05) is 18.5 Å². The third-order valence-electron chi connectivity index (χ3n) is 2.73. The number of aromatic nitrogens is 4. The van der Waals surface area contributed by atoms with Crippen LogP contribution >= 0.6 is 12.4 Å². The van der Waals surface area contributed by atoms with E-state index in [-0.39, 0.29) is 24.2 Å². The first-order valence-electron chi connectivity index (χ1n) is 6.43. The number of carbonyl (C=O) groups is 1. The van der Waals surface area contributed by atoms with Crippen molar-refractivity contribution in [3.63, 3.8) is 0 Å². The molecule has 21 heavy (non-hydrogen) atoms. The Morgan fingerprint density at radius 3 is 2.43 bits per heavy atom. The van der Waals surface area contributed by atoms with E-state index in [1.54, 1.807) is 31.5 Å². The van der Waals surface area contributed by atoms with Crippen molar-refractivity contribution in [3.05, 3.63) is 30.2 Å². The first kappa shape index (κ1) is 17.1. The van der Waals surface area contributed by atoms with Gasteiger partial charge in [0.1, 0.15) is 5.82 Å². The summed E-state index contributed by atoms with van der Waals surface area (Å²) in [4.78, 5) is 20.0. The Kier molecular flexibility index (Phi) is 5.80. The Labute approximate surface area is 129 Å². The fraction of sp³-hybridized carbons (Fsp3) is 0.385. The maximum atomic E-state index is 11.8. The van der Waals surface area contributed by atoms with E-state index in [9.17, 15) is 4.79 Å². The molecule has 2 rings (SSSR count). The minimum atomic E-state index is -0.599. The van der Waals surface area contributed by atoms with E-state index < -0.39 is 6.04 Å². The number of nitrogens with two attached hydrogens (primary N) is 1. The molecule has 114 valence electrons. The van der Waals surface area contributed by atoms with Crippen LogP contribution < -0.4 is 11.1 Å². The average Bonchev–Trinajstić information content (AvgIpc) is 2.83. The van der Waals surface area contributed by atoms with Gasteiger partial charge in [-0.25, -0.2) is 9.97 Å².